The van der Waals surface area contributed by atoms with Gasteiger partial charge in [0.25, 0.3) is 5.91 Å². The molecule has 1 heterocycles. The summed E-state index contributed by atoms with van der Waals surface area (Å²) in [6.07, 6.45) is 1.85. The summed E-state index contributed by atoms with van der Waals surface area (Å²) in [4.78, 5) is 18.4. The maximum Gasteiger partial charge on any atom is 0.252 e. The molecule has 3 aromatic rings. The van der Waals surface area contributed by atoms with Gasteiger partial charge in [0.2, 0.25) is 0 Å². The van der Waals surface area contributed by atoms with E-state index in [1.807, 2.05) is 60.3 Å². The van der Waals surface area contributed by atoms with E-state index in [9.17, 15) is 4.79 Å². The van der Waals surface area contributed by atoms with Crippen LogP contribution in [0.3, 0.4) is 0 Å². The van der Waals surface area contributed by atoms with Crippen molar-refractivity contribution >= 4 is 29.0 Å². The fraction of sp³-hybridized carbons (Fsp3) is 0.360. The number of thiazole rings is 1. The number of carbonyl (C=O) groups is 1. The summed E-state index contributed by atoms with van der Waals surface area (Å²) < 4.78 is 11.7. The lowest BCUT2D eigenvalue weighted by atomic mass is 10.1. The highest BCUT2D eigenvalue weighted by atomic mass is 32.2. The van der Waals surface area contributed by atoms with Crippen LogP contribution < -0.4 is 14.8 Å². The summed E-state index contributed by atoms with van der Waals surface area (Å²) in [5.41, 5.74) is 4.49. The Morgan fingerprint density at radius 2 is 1.84 bits per heavy atom. The van der Waals surface area contributed by atoms with E-state index in [0.29, 0.717) is 18.8 Å². The van der Waals surface area contributed by atoms with Crippen LogP contribution in [0.15, 0.2) is 58.3 Å². The molecule has 7 heteroatoms. The van der Waals surface area contributed by atoms with E-state index in [-0.39, 0.29) is 11.9 Å². The number of carbonyl (C=O) groups excluding carboxylic acids is 1. The molecule has 0 aliphatic heterocycles. The first kappa shape index (κ1) is 24.1. The molecule has 0 aliphatic rings. The van der Waals surface area contributed by atoms with Crippen molar-refractivity contribution in [1.29, 1.82) is 0 Å². The minimum atomic E-state index is -0.178. The number of nitrogens with zero attached hydrogens (tertiary/aromatic N) is 1. The number of thioether (sulfide) groups is 1. The lowest BCUT2D eigenvalue weighted by Crippen LogP contribution is -2.27. The second-order valence-corrected chi connectivity index (χ2v) is 9.10. The van der Waals surface area contributed by atoms with E-state index < -0.39 is 0 Å². The van der Waals surface area contributed by atoms with Crippen molar-refractivity contribution in [3.05, 3.63) is 70.2 Å². The van der Waals surface area contributed by atoms with Crippen LogP contribution in [0.2, 0.25) is 0 Å². The Kier molecular flexibility index (Phi) is 9.43. The van der Waals surface area contributed by atoms with Crippen LogP contribution >= 0.6 is 23.1 Å². The molecule has 0 fully saturated rings. The first-order valence-corrected chi connectivity index (χ1v) is 12.8. The number of hydrogen-bond donors (Lipinski definition) is 1. The number of hydrogen-bond acceptors (Lipinski definition) is 6. The van der Waals surface area contributed by atoms with E-state index in [1.54, 1.807) is 23.1 Å². The third-order valence-electron chi connectivity index (χ3n) is 4.73. The lowest BCUT2D eigenvalue weighted by molar-refractivity contribution is 0.0937. The van der Waals surface area contributed by atoms with Crippen molar-refractivity contribution in [2.24, 2.45) is 0 Å². The SMILES string of the molecule is CCCOc1ccc(C(C)NC(=O)c2ccccc2SCc2cscn2)cc1OCCC. The third-order valence-corrected chi connectivity index (χ3v) is 6.47. The molecule has 1 aromatic heterocycles. The fourth-order valence-corrected chi connectivity index (χ4v) is 4.66. The molecule has 170 valence electrons. The van der Waals surface area contributed by atoms with Gasteiger partial charge in [0, 0.05) is 16.0 Å². The molecule has 0 spiro atoms. The topological polar surface area (TPSA) is 60.5 Å². The van der Waals surface area contributed by atoms with Crippen molar-refractivity contribution in [3.63, 3.8) is 0 Å². The highest BCUT2D eigenvalue weighted by molar-refractivity contribution is 7.98. The van der Waals surface area contributed by atoms with Gasteiger partial charge in [-0.1, -0.05) is 32.0 Å². The highest BCUT2D eigenvalue weighted by Crippen LogP contribution is 2.32. The fourth-order valence-electron chi connectivity index (χ4n) is 3.05. The quantitative estimate of drug-likeness (QED) is 0.306. The molecule has 32 heavy (non-hydrogen) atoms. The van der Waals surface area contributed by atoms with Gasteiger partial charge in [0.05, 0.1) is 36.0 Å². The van der Waals surface area contributed by atoms with Crippen LogP contribution in [0.1, 0.15) is 61.3 Å². The van der Waals surface area contributed by atoms with Crippen molar-refractivity contribution < 1.29 is 14.3 Å². The minimum absolute atomic E-state index is 0.0961. The summed E-state index contributed by atoms with van der Waals surface area (Å²) >= 11 is 3.20. The molecule has 0 saturated carbocycles. The van der Waals surface area contributed by atoms with Gasteiger partial charge >= 0.3 is 0 Å². The summed E-state index contributed by atoms with van der Waals surface area (Å²) in [6.45, 7) is 7.39. The Hall–Kier alpha value is -2.51. The molecule has 1 atom stereocenters. The number of amides is 1. The van der Waals surface area contributed by atoms with Crippen LogP contribution in [-0.2, 0) is 5.75 Å². The zero-order valence-corrected chi connectivity index (χ0v) is 20.4. The average molecular weight is 471 g/mol. The van der Waals surface area contributed by atoms with Crippen molar-refractivity contribution in [2.75, 3.05) is 13.2 Å². The Morgan fingerprint density at radius 1 is 1.09 bits per heavy atom. The summed E-state index contributed by atoms with van der Waals surface area (Å²) in [7, 11) is 0. The van der Waals surface area contributed by atoms with Gasteiger partial charge in [-0.15, -0.1) is 23.1 Å². The second-order valence-electron chi connectivity index (χ2n) is 7.36. The molecule has 1 amide bonds. The van der Waals surface area contributed by atoms with E-state index in [2.05, 4.69) is 24.1 Å². The smallest absolute Gasteiger partial charge is 0.252 e. The molecule has 3 rings (SSSR count). The van der Waals surface area contributed by atoms with E-state index in [4.69, 9.17) is 9.47 Å². The Morgan fingerprint density at radius 3 is 2.56 bits per heavy atom. The van der Waals surface area contributed by atoms with Gasteiger partial charge in [-0.05, 0) is 49.6 Å². The van der Waals surface area contributed by atoms with Crippen molar-refractivity contribution in [1.82, 2.24) is 10.3 Å². The molecule has 1 N–H and O–H groups in total. The molecule has 2 aromatic carbocycles. The standard InChI is InChI=1S/C25H30N2O3S2/c1-4-12-29-22-11-10-19(14-23(22)30-13-5-2)18(3)27-25(28)21-8-6-7-9-24(21)32-16-20-15-31-17-26-20/h6-11,14-15,17-18H,4-5,12-13,16H2,1-3H3,(H,27,28). The molecule has 0 aliphatic carbocycles. The Balaban J connectivity index is 1.71. The number of ether oxygens (including phenoxy) is 2. The zero-order chi connectivity index (χ0) is 22.8. The average Bonchev–Trinajstić information content (AvgIpc) is 3.34. The van der Waals surface area contributed by atoms with Gasteiger partial charge in [0.15, 0.2) is 11.5 Å². The van der Waals surface area contributed by atoms with Gasteiger partial charge in [-0.25, -0.2) is 4.98 Å². The number of benzene rings is 2. The van der Waals surface area contributed by atoms with Gasteiger partial charge < -0.3 is 14.8 Å². The van der Waals surface area contributed by atoms with Crippen molar-refractivity contribution in [2.45, 2.75) is 50.3 Å². The summed E-state index contributed by atoms with van der Waals surface area (Å²) in [6, 6.07) is 13.4. The predicted octanol–water partition coefficient (Wildman–Crippen LogP) is 6.50. The van der Waals surface area contributed by atoms with Crippen LogP contribution in [0, 0.1) is 0 Å². The Bertz CT molecular complexity index is 993. The van der Waals surface area contributed by atoms with Crippen LogP contribution in [0.4, 0.5) is 0 Å². The van der Waals surface area contributed by atoms with Gasteiger partial charge in [-0.3, -0.25) is 4.79 Å². The molecule has 0 bridgehead atoms. The van der Waals surface area contributed by atoms with Crippen LogP contribution in [0.25, 0.3) is 0 Å². The summed E-state index contributed by atoms with van der Waals surface area (Å²) in [5.74, 6) is 2.10. The third kappa shape index (κ3) is 6.74. The first-order chi connectivity index (χ1) is 15.6. The lowest BCUT2D eigenvalue weighted by Gasteiger charge is -2.19. The second kappa shape index (κ2) is 12.5. The van der Waals surface area contributed by atoms with Crippen LogP contribution in [0.5, 0.6) is 11.5 Å². The van der Waals surface area contributed by atoms with Crippen LogP contribution in [-0.4, -0.2) is 24.1 Å². The first-order valence-electron chi connectivity index (χ1n) is 10.9. The number of aromatic nitrogens is 1. The number of nitrogens with one attached hydrogen (secondary N) is 1. The van der Waals surface area contributed by atoms with Crippen molar-refractivity contribution in [3.8, 4) is 11.5 Å². The van der Waals surface area contributed by atoms with Gasteiger partial charge in [-0.2, -0.15) is 0 Å². The zero-order valence-electron chi connectivity index (χ0n) is 18.8. The monoisotopic (exact) mass is 470 g/mol. The van der Waals surface area contributed by atoms with E-state index >= 15 is 0 Å². The Labute approximate surface area is 198 Å². The minimum Gasteiger partial charge on any atom is -0.490 e. The molecule has 0 radical (unpaired) electrons. The predicted molar refractivity (Wildman–Crippen MR) is 132 cm³/mol. The highest BCUT2D eigenvalue weighted by Gasteiger charge is 2.17. The summed E-state index contributed by atoms with van der Waals surface area (Å²) in [5, 5.41) is 5.16. The molecular formula is C25H30N2O3S2. The molecular weight excluding hydrogens is 440 g/mol. The van der Waals surface area contributed by atoms with E-state index in [0.717, 1.165) is 46.2 Å². The number of rotatable bonds is 12. The molecule has 1 unspecified atom stereocenters. The van der Waals surface area contributed by atoms with Gasteiger partial charge in [0.1, 0.15) is 0 Å². The molecule has 0 saturated heterocycles. The van der Waals surface area contributed by atoms with E-state index in [1.165, 1.54) is 0 Å². The maximum absolute atomic E-state index is 13.1. The molecule has 5 nitrogen and oxygen atoms in total. The maximum atomic E-state index is 13.1. The normalized spacial score (nSPS) is 11.7. The largest absolute Gasteiger partial charge is 0.490 e.